The lowest BCUT2D eigenvalue weighted by atomic mass is 10.2. The average Bonchev–Trinajstić information content (AvgIpc) is 2.97. The molecular formula is C16H25N3OS. The second kappa shape index (κ2) is 7.73. The molecule has 0 amide bonds. The third-order valence-electron chi connectivity index (χ3n) is 3.47. The first-order valence-corrected chi connectivity index (χ1v) is 8.34. The number of furan rings is 1. The Balaban J connectivity index is 1.90. The molecule has 0 fully saturated rings. The van der Waals surface area contributed by atoms with Gasteiger partial charge in [0.2, 0.25) is 0 Å². The average molecular weight is 307 g/mol. The summed E-state index contributed by atoms with van der Waals surface area (Å²) in [6, 6.07) is 2.15. The molecule has 116 valence electrons. The Morgan fingerprint density at radius 3 is 2.81 bits per heavy atom. The van der Waals surface area contributed by atoms with E-state index in [2.05, 4.69) is 49.1 Å². The van der Waals surface area contributed by atoms with E-state index in [4.69, 9.17) is 4.42 Å². The molecule has 0 saturated heterocycles. The molecule has 0 radical (unpaired) electrons. The minimum atomic E-state index is 0.817. The van der Waals surface area contributed by atoms with Gasteiger partial charge in [0.25, 0.3) is 0 Å². The van der Waals surface area contributed by atoms with E-state index >= 15 is 0 Å². The van der Waals surface area contributed by atoms with Crippen molar-refractivity contribution in [1.29, 1.82) is 0 Å². The van der Waals surface area contributed by atoms with Crippen LogP contribution in [0.5, 0.6) is 0 Å². The molecule has 0 aliphatic heterocycles. The molecule has 0 spiro atoms. The van der Waals surface area contributed by atoms with Crippen LogP contribution in [0.15, 0.2) is 16.0 Å². The number of nitrogens with one attached hydrogen (secondary N) is 1. The van der Waals surface area contributed by atoms with Crippen LogP contribution in [0.3, 0.4) is 0 Å². The standard InChI is InChI=1S/C16H25N3OS/c1-5-6-17-8-15-12(2)7-14(20-15)9-19(4)10-16-13(3)18-11-21-16/h7,11,17H,5-6,8-10H2,1-4H3. The first-order chi connectivity index (χ1) is 10.1. The van der Waals surface area contributed by atoms with Gasteiger partial charge in [0, 0.05) is 11.4 Å². The van der Waals surface area contributed by atoms with Crippen molar-refractivity contribution in [2.24, 2.45) is 0 Å². The lowest BCUT2D eigenvalue weighted by Gasteiger charge is -2.14. The van der Waals surface area contributed by atoms with Gasteiger partial charge in [-0.3, -0.25) is 4.90 Å². The Kier molecular flexibility index (Phi) is 5.96. The van der Waals surface area contributed by atoms with Crippen molar-refractivity contribution in [1.82, 2.24) is 15.2 Å². The first kappa shape index (κ1) is 16.2. The van der Waals surface area contributed by atoms with Crippen molar-refractivity contribution in [3.8, 4) is 0 Å². The SMILES string of the molecule is CCCNCc1oc(CN(C)Cc2scnc2C)cc1C. The monoisotopic (exact) mass is 307 g/mol. The van der Waals surface area contributed by atoms with E-state index in [0.717, 1.165) is 49.8 Å². The molecular weight excluding hydrogens is 282 g/mol. The van der Waals surface area contributed by atoms with Crippen molar-refractivity contribution in [3.05, 3.63) is 39.2 Å². The number of aryl methyl sites for hydroxylation is 2. The van der Waals surface area contributed by atoms with E-state index < -0.39 is 0 Å². The Morgan fingerprint density at radius 1 is 1.33 bits per heavy atom. The van der Waals surface area contributed by atoms with E-state index in [1.807, 2.05) is 5.51 Å². The van der Waals surface area contributed by atoms with Crippen LogP contribution >= 0.6 is 11.3 Å². The Hall–Kier alpha value is -1.17. The Morgan fingerprint density at radius 2 is 2.14 bits per heavy atom. The van der Waals surface area contributed by atoms with E-state index in [-0.39, 0.29) is 0 Å². The number of nitrogens with zero attached hydrogens (tertiary/aromatic N) is 2. The fourth-order valence-electron chi connectivity index (χ4n) is 2.27. The maximum Gasteiger partial charge on any atom is 0.120 e. The summed E-state index contributed by atoms with van der Waals surface area (Å²) in [5, 5.41) is 3.39. The zero-order valence-corrected chi connectivity index (χ0v) is 14.2. The number of thiazole rings is 1. The van der Waals surface area contributed by atoms with Crippen molar-refractivity contribution < 1.29 is 4.42 Å². The molecule has 4 nitrogen and oxygen atoms in total. The fourth-order valence-corrected chi connectivity index (χ4v) is 3.12. The summed E-state index contributed by atoms with van der Waals surface area (Å²) in [4.78, 5) is 7.89. The lowest BCUT2D eigenvalue weighted by molar-refractivity contribution is 0.284. The molecule has 0 bridgehead atoms. The largest absolute Gasteiger partial charge is 0.463 e. The van der Waals surface area contributed by atoms with Crippen LogP contribution in [0, 0.1) is 13.8 Å². The highest BCUT2D eigenvalue weighted by atomic mass is 32.1. The third kappa shape index (κ3) is 4.66. The number of rotatable bonds is 8. The van der Waals surface area contributed by atoms with Gasteiger partial charge < -0.3 is 9.73 Å². The number of hydrogen-bond acceptors (Lipinski definition) is 5. The molecule has 2 heterocycles. The number of aromatic nitrogens is 1. The first-order valence-electron chi connectivity index (χ1n) is 7.46. The fraction of sp³-hybridized carbons (Fsp3) is 0.562. The Labute approximate surface area is 131 Å². The summed E-state index contributed by atoms with van der Waals surface area (Å²) in [7, 11) is 2.12. The summed E-state index contributed by atoms with van der Waals surface area (Å²) >= 11 is 1.72. The van der Waals surface area contributed by atoms with Crippen LogP contribution in [0.4, 0.5) is 0 Å². The molecule has 1 N–H and O–H groups in total. The highest BCUT2D eigenvalue weighted by Gasteiger charge is 2.11. The smallest absolute Gasteiger partial charge is 0.120 e. The highest BCUT2D eigenvalue weighted by molar-refractivity contribution is 7.09. The van der Waals surface area contributed by atoms with Gasteiger partial charge in [0.15, 0.2) is 0 Å². The van der Waals surface area contributed by atoms with Crippen LogP contribution in [-0.4, -0.2) is 23.5 Å². The normalized spacial score (nSPS) is 11.5. The van der Waals surface area contributed by atoms with Crippen molar-refractivity contribution in [2.45, 2.75) is 46.8 Å². The zero-order valence-electron chi connectivity index (χ0n) is 13.4. The summed E-state index contributed by atoms with van der Waals surface area (Å²) in [5.41, 5.74) is 4.27. The maximum absolute atomic E-state index is 5.96. The molecule has 0 aliphatic carbocycles. The van der Waals surface area contributed by atoms with Gasteiger partial charge in [-0.2, -0.15) is 0 Å². The second-order valence-corrected chi connectivity index (χ2v) is 6.47. The van der Waals surface area contributed by atoms with Gasteiger partial charge in [-0.15, -0.1) is 11.3 Å². The quantitative estimate of drug-likeness (QED) is 0.758. The van der Waals surface area contributed by atoms with Crippen molar-refractivity contribution in [2.75, 3.05) is 13.6 Å². The molecule has 2 aromatic heterocycles. The van der Waals surface area contributed by atoms with Crippen LogP contribution in [0.2, 0.25) is 0 Å². The lowest BCUT2D eigenvalue weighted by Crippen LogP contribution is -2.16. The molecule has 0 aliphatic rings. The van der Waals surface area contributed by atoms with E-state index in [1.165, 1.54) is 10.4 Å². The highest BCUT2D eigenvalue weighted by Crippen LogP contribution is 2.19. The van der Waals surface area contributed by atoms with Gasteiger partial charge in [-0.25, -0.2) is 4.98 Å². The van der Waals surface area contributed by atoms with E-state index in [0.29, 0.717) is 0 Å². The van der Waals surface area contributed by atoms with Gasteiger partial charge >= 0.3 is 0 Å². The van der Waals surface area contributed by atoms with Gasteiger partial charge in [-0.1, -0.05) is 6.92 Å². The summed E-state index contributed by atoms with van der Waals surface area (Å²) in [6.07, 6.45) is 1.14. The Bertz CT molecular complexity index is 562. The van der Waals surface area contributed by atoms with Gasteiger partial charge in [0.05, 0.1) is 24.3 Å². The molecule has 2 rings (SSSR count). The predicted octanol–water partition coefficient (Wildman–Crippen LogP) is 3.48. The molecule has 5 heteroatoms. The van der Waals surface area contributed by atoms with Crippen molar-refractivity contribution >= 4 is 11.3 Å². The predicted molar refractivity (Wildman–Crippen MR) is 87.5 cm³/mol. The summed E-state index contributed by atoms with van der Waals surface area (Å²) in [6.45, 7) is 9.93. The van der Waals surface area contributed by atoms with Gasteiger partial charge in [-0.05, 0) is 45.5 Å². The maximum atomic E-state index is 5.96. The molecule has 2 aromatic rings. The van der Waals surface area contributed by atoms with Gasteiger partial charge in [0.1, 0.15) is 11.5 Å². The third-order valence-corrected chi connectivity index (χ3v) is 4.39. The molecule has 21 heavy (non-hydrogen) atoms. The van der Waals surface area contributed by atoms with Crippen LogP contribution < -0.4 is 5.32 Å². The van der Waals surface area contributed by atoms with E-state index in [1.54, 1.807) is 11.3 Å². The number of hydrogen-bond donors (Lipinski definition) is 1. The van der Waals surface area contributed by atoms with Crippen LogP contribution in [0.1, 0.15) is 41.0 Å². The molecule has 0 aromatic carbocycles. The molecule has 0 atom stereocenters. The van der Waals surface area contributed by atoms with Crippen LogP contribution in [0.25, 0.3) is 0 Å². The minimum Gasteiger partial charge on any atom is -0.463 e. The molecule has 0 unspecified atom stereocenters. The molecule has 0 saturated carbocycles. The second-order valence-electron chi connectivity index (χ2n) is 5.53. The van der Waals surface area contributed by atoms with Crippen molar-refractivity contribution in [3.63, 3.8) is 0 Å². The minimum absolute atomic E-state index is 0.817. The van der Waals surface area contributed by atoms with Crippen LogP contribution in [-0.2, 0) is 19.6 Å². The summed E-state index contributed by atoms with van der Waals surface area (Å²) in [5.74, 6) is 2.09. The summed E-state index contributed by atoms with van der Waals surface area (Å²) < 4.78 is 5.96. The van der Waals surface area contributed by atoms with E-state index in [9.17, 15) is 0 Å². The zero-order chi connectivity index (χ0) is 15.2. The topological polar surface area (TPSA) is 41.3 Å².